The van der Waals surface area contributed by atoms with Crippen molar-refractivity contribution in [2.24, 2.45) is 0 Å². The number of rotatable bonds is 4. The van der Waals surface area contributed by atoms with Gasteiger partial charge in [-0.25, -0.2) is 0 Å². The molecule has 0 spiro atoms. The topological polar surface area (TPSA) is 93.0 Å². The zero-order chi connectivity index (χ0) is 16.4. The summed E-state index contributed by atoms with van der Waals surface area (Å²) in [5.74, 6) is 0.487. The standard InChI is InChI=1S/C15H18N6O2/c1-10(20-8-4-7-14(20)22)15(23)16-12-5-3-6-13(9-12)21-11(2)17-18-19-21/h3,5-6,9-10H,4,7-8H2,1-2H3,(H,16,23). The minimum Gasteiger partial charge on any atom is -0.331 e. The quantitative estimate of drug-likeness (QED) is 0.906. The number of hydrogen-bond acceptors (Lipinski definition) is 5. The molecule has 23 heavy (non-hydrogen) atoms. The highest BCUT2D eigenvalue weighted by molar-refractivity contribution is 5.97. The second-order valence-corrected chi connectivity index (χ2v) is 5.54. The maximum absolute atomic E-state index is 12.4. The molecule has 2 amide bonds. The molecule has 1 fully saturated rings. The molecule has 2 aromatic rings. The molecule has 0 saturated carbocycles. The lowest BCUT2D eigenvalue weighted by molar-refractivity contribution is -0.134. The van der Waals surface area contributed by atoms with Crippen molar-refractivity contribution in [1.29, 1.82) is 0 Å². The summed E-state index contributed by atoms with van der Waals surface area (Å²) in [6.45, 7) is 4.18. The van der Waals surface area contributed by atoms with Gasteiger partial charge in [0, 0.05) is 18.7 Å². The van der Waals surface area contributed by atoms with E-state index in [1.807, 2.05) is 12.1 Å². The van der Waals surface area contributed by atoms with Gasteiger partial charge in [0.2, 0.25) is 11.8 Å². The number of anilines is 1. The number of likely N-dealkylation sites (tertiary alicyclic amines) is 1. The van der Waals surface area contributed by atoms with Crippen LogP contribution in [0.1, 0.15) is 25.6 Å². The van der Waals surface area contributed by atoms with E-state index in [0.29, 0.717) is 24.5 Å². The number of aromatic nitrogens is 4. The van der Waals surface area contributed by atoms with Crippen molar-refractivity contribution in [3.05, 3.63) is 30.1 Å². The molecule has 1 unspecified atom stereocenters. The molecule has 3 rings (SSSR count). The van der Waals surface area contributed by atoms with Gasteiger partial charge in [-0.3, -0.25) is 9.59 Å². The Balaban J connectivity index is 1.74. The number of tetrazole rings is 1. The van der Waals surface area contributed by atoms with Crippen molar-refractivity contribution in [2.45, 2.75) is 32.7 Å². The molecular weight excluding hydrogens is 296 g/mol. The number of aryl methyl sites for hydroxylation is 1. The Hall–Kier alpha value is -2.77. The van der Waals surface area contributed by atoms with Gasteiger partial charge in [0.25, 0.3) is 0 Å². The molecule has 0 aliphatic carbocycles. The van der Waals surface area contributed by atoms with Crippen LogP contribution >= 0.6 is 0 Å². The Morgan fingerprint density at radius 2 is 2.22 bits per heavy atom. The minimum atomic E-state index is -0.483. The van der Waals surface area contributed by atoms with Crippen LogP contribution in [-0.2, 0) is 9.59 Å². The third-order valence-corrected chi connectivity index (χ3v) is 3.94. The molecule has 8 nitrogen and oxygen atoms in total. The zero-order valence-corrected chi connectivity index (χ0v) is 13.1. The number of carbonyl (C=O) groups is 2. The predicted molar refractivity (Wildman–Crippen MR) is 82.9 cm³/mol. The maximum atomic E-state index is 12.4. The van der Waals surface area contributed by atoms with Crippen LogP contribution in [0.15, 0.2) is 24.3 Å². The summed E-state index contributed by atoms with van der Waals surface area (Å²) in [4.78, 5) is 25.7. The third-order valence-electron chi connectivity index (χ3n) is 3.94. The van der Waals surface area contributed by atoms with E-state index in [4.69, 9.17) is 0 Å². The molecule has 0 radical (unpaired) electrons. The summed E-state index contributed by atoms with van der Waals surface area (Å²) in [6, 6.07) is 6.77. The van der Waals surface area contributed by atoms with Crippen molar-refractivity contribution < 1.29 is 9.59 Å². The number of carbonyl (C=O) groups excluding carboxylic acids is 2. The second kappa shape index (κ2) is 6.15. The SMILES string of the molecule is Cc1nnnn1-c1cccc(NC(=O)C(C)N2CCCC2=O)c1. The van der Waals surface area contributed by atoms with Crippen LogP contribution in [0.25, 0.3) is 5.69 Å². The highest BCUT2D eigenvalue weighted by Crippen LogP contribution is 2.17. The number of amides is 2. The average Bonchev–Trinajstić information content (AvgIpc) is 3.15. The van der Waals surface area contributed by atoms with Crippen molar-refractivity contribution in [2.75, 3.05) is 11.9 Å². The Morgan fingerprint density at radius 1 is 1.39 bits per heavy atom. The van der Waals surface area contributed by atoms with Gasteiger partial charge in [0.05, 0.1) is 5.69 Å². The number of hydrogen-bond donors (Lipinski definition) is 1. The molecule has 2 heterocycles. The molecule has 1 aromatic carbocycles. The van der Waals surface area contributed by atoms with Crippen LogP contribution in [0.2, 0.25) is 0 Å². The van der Waals surface area contributed by atoms with Crippen molar-refractivity contribution in [3.63, 3.8) is 0 Å². The van der Waals surface area contributed by atoms with Crippen LogP contribution in [0, 0.1) is 6.92 Å². The zero-order valence-electron chi connectivity index (χ0n) is 13.1. The first kappa shape index (κ1) is 15.1. The van der Waals surface area contributed by atoms with E-state index in [1.165, 1.54) is 0 Å². The molecule has 1 N–H and O–H groups in total. The third kappa shape index (κ3) is 3.05. The summed E-state index contributed by atoms with van der Waals surface area (Å²) in [5, 5.41) is 14.2. The van der Waals surface area contributed by atoms with Crippen LogP contribution < -0.4 is 5.32 Å². The first-order valence-corrected chi connectivity index (χ1v) is 7.52. The monoisotopic (exact) mass is 314 g/mol. The fraction of sp³-hybridized carbons (Fsp3) is 0.400. The molecule has 1 saturated heterocycles. The van der Waals surface area contributed by atoms with Gasteiger partial charge in [-0.15, -0.1) is 5.10 Å². The van der Waals surface area contributed by atoms with Gasteiger partial charge < -0.3 is 10.2 Å². The largest absolute Gasteiger partial charge is 0.331 e. The highest BCUT2D eigenvalue weighted by atomic mass is 16.2. The number of benzene rings is 1. The molecule has 0 bridgehead atoms. The van der Waals surface area contributed by atoms with Gasteiger partial charge in [-0.2, -0.15) is 4.68 Å². The lowest BCUT2D eigenvalue weighted by Crippen LogP contribution is -2.42. The molecule has 8 heteroatoms. The fourth-order valence-corrected chi connectivity index (χ4v) is 2.65. The normalized spacial score (nSPS) is 15.7. The van der Waals surface area contributed by atoms with Crippen molar-refractivity contribution in [1.82, 2.24) is 25.1 Å². The van der Waals surface area contributed by atoms with Crippen LogP contribution in [0.5, 0.6) is 0 Å². The predicted octanol–water partition coefficient (Wildman–Crippen LogP) is 0.920. The van der Waals surface area contributed by atoms with Gasteiger partial charge in [0.15, 0.2) is 5.82 Å². The van der Waals surface area contributed by atoms with E-state index in [9.17, 15) is 9.59 Å². The molecule has 1 aliphatic rings. The first-order valence-electron chi connectivity index (χ1n) is 7.52. The summed E-state index contributed by atoms with van der Waals surface area (Å²) in [7, 11) is 0. The Bertz CT molecular complexity index is 741. The number of nitrogens with one attached hydrogen (secondary N) is 1. The molecule has 1 aromatic heterocycles. The fourth-order valence-electron chi connectivity index (χ4n) is 2.65. The molecule has 120 valence electrons. The molecule has 1 atom stereocenters. The summed E-state index contributed by atoms with van der Waals surface area (Å²) in [5.41, 5.74) is 1.40. The Labute approximate surface area is 133 Å². The Morgan fingerprint density at radius 3 is 2.87 bits per heavy atom. The van der Waals surface area contributed by atoms with Crippen molar-refractivity contribution >= 4 is 17.5 Å². The lowest BCUT2D eigenvalue weighted by atomic mass is 10.2. The first-order chi connectivity index (χ1) is 11.1. The highest BCUT2D eigenvalue weighted by Gasteiger charge is 2.29. The van der Waals surface area contributed by atoms with E-state index in [-0.39, 0.29) is 11.8 Å². The number of nitrogens with zero attached hydrogens (tertiary/aromatic N) is 5. The van der Waals surface area contributed by atoms with E-state index in [1.54, 1.807) is 35.6 Å². The van der Waals surface area contributed by atoms with E-state index in [2.05, 4.69) is 20.8 Å². The van der Waals surface area contributed by atoms with Crippen molar-refractivity contribution in [3.8, 4) is 5.69 Å². The minimum absolute atomic E-state index is 0.0331. The molecular formula is C15H18N6O2. The van der Waals surface area contributed by atoms with Gasteiger partial charge >= 0.3 is 0 Å². The van der Waals surface area contributed by atoms with Gasteiger partial charge in [-0.05, 0) is 48.9 Å². The molecule has 1 aliphatic heterocycles. The van der Waals surface area contributed by atoms with Crippen LogP contribution in [0.4, 0.5) is 5.69 Å². The van der Waals surface area contributed by atoms with Gasteiger partial charge in [0.1, 0.15) is 6.04 Å². The Kier molecular flexibility index (Phi) is 4.05. The van der Waals surface area contributed by atoms with Crippen LogP contribution in [0.3, 0.4) is 0 Å². The van der Waals surface area contributed by atoms with Gasteiger partial charge in [-0.1, -0.05) is 6.07 Å². The lowest BCUT2D eigenvalue weighted by Gasteiger charge is -2.23. The van der Waals surface area contributed by atoms with E-state index < -0.39 is 6.04 Å². The maximum Gasteiger partial charge on any atom is 0.246 e. The van der Waals surface area contributed by atoms with Crippen LogP contribution in [-0.4, -0.2) is 49.5 Å². The smallest absolute Gasteiger partial charge is 0.246 e. The van der Waals surface area contributed by atoms with E-state index >= 15 is 0 Å². The second-order valence-electron chi connectivity index (χ2n) is 5.54. The van der Waals surface area contributed by atoms with E-state index in [0.717, 1.165) is 12.1 Å². The summed E-state index contributed by atoms with van der Waals surface area (Å²) >= 11 is 0. The summed E-state index contributed by atoms with van der Waals surface area (Å²) < 4.78 is 1.59. The average molecular weight is 314 g/mol. The summed E-state index contributed by atoms with van der Waals surface area (Å²) in [6.07, 6.45) is 1.33.